The molecule has 0 aliphatic rings. The van der Waals surface area contributed by atoms with Gasteiger partial charge in [-0.1, -0.05) is 34.8 Å². The molecule has 0 fully saturated rings. The van der Waals surface area contributed by atoms with E-state index in [1.807, 2.05) is 0 Å². The first-order valence-electron chi connectivity index (χ1n) is 6.86. The molecular weight excluding hydrogens is 389 g/mol. The van der Waals surface area contributed by atoms with Crippen molar-refractivity contribution in [1.29, 1.82) is 0 Å². The minimum atomic E-state index is -1.73. The molecule has 136 valence electrons. The molecule has 1 amide bonds. The highest BCUT2D eigenvalue weighted by atomic mass is 35.6. The second-order valence-electron chi connectivity index (χ2n) is 5.57. The first-order valence-corrected chi connectivity index (χ1v) is 9.15. The SMILES string of the molecule is CC(C)(C)OC(=O)[C@H](CSCCCO)NC(=O)OCC(Cl)(Cl)Cl. The summed E-state index contributed by atoms with van der Waals surface area (Å²) in [6.45, 7) is 4.79. The van der Waals surface area contributed by atoms with Crippen LogP contribution in [0.1, 0.15) is 27.2 Å². The van der Waals surface area contributed by atoms with Gasteiger partial charge in [0.05, 0.1) is 0 Å². The number of aliphatic hydroxyl groups excluding tert-OH is 1. The average molecular weight is 411 g/mol. The van der Waals surface area contributed by atoms with Crippen LogP contribution in [-0.4, -0.2) is 57.3 Å². The molecule has 0 aromatic heterocycles. The van der Waals surface area contributed by atoms with E-state index in [4.69, 9.17) is 49.4 Å². The molecule has 0 aliphatic heterocycles. The molecule has 0 heterocycles. The third kappa shape index (κ3) is 14.0. The second-order valence-corrected chi connectivity index (χ2v) is 9.24. The Morgan fingerprint density at radius 3 is 2.35 bits per heavy atom. The molecule has 0 aliphatic carbocycles. The molecule has 10 heteroatoms. The molecule has 0 radical (unpaired) electrons. The number of thioether (sulfide) groups is 1. The standard InChI is InChI=1S/C13H22Cl3NO5S/c1-12(2,3)22-10(19)9(7-23-6-4-5-18)17-11(20)21-8-13(14,15)16/h9,18H,4-8H2,1-3H3,(H,17,20)/t9-/m0/s1. The van der Waals surface area contributed by atoms with E-state index in [2.05, 4.69) is 5.32 Å². The quantitative estimate of drug-likeness (QED) is 0.363. The number of alkyl carbamates (subject to hydrolysis) is 1. The lowest BCUT2D eigenvalue weighted by Crippen LogP contribution is -2.46. The van der Waals surface area contributed by atoms with Gasteiger partial charge in [0.25, 0.3) is 0 Å². The smallest absolute Gasteiger partial charge is 0.408 e. The zero-order chi connectivity index (χ0) is 18.1. The fraction of sp³-hybridized carbons (Fsp3) is 0.846. The maximum absolute atomic E-state index is 12.1. The van der Waals surface area contributed by atoms with Crippen LogP contribution in [0.5, 0.6) is 0 Å². The van der Waals surface area contributed by atoms with Crippen molar-refractivity contribution in [3.05, 3.63) is 0 Å². The van der Waals surface area contributed by atoms with Crippen molar-refractivity contribution >= 4 is 58.6 Å². The van der Waals surface area contributed by atoms with Crippen LogP contribution in [0.3, 0.4) is 0 Å². The molecule has 6 nitrogen and oxygen atoms in total. The van der Waals surface area contributed by atoms with Crippen molar-refractivity contribution in [3.8, 4) is 0 Å². The Labute approximate surface area is 155 Å². The zero-order valence-electron chi connectivity index (χ0n) is 13.2. The van der Waals surface area contributed by atoms with Crippen molar-refractivity contribution in [2.45, 2.75) is 42.6 Å². The maximum atomic E-state index is 12.1. The summed E-state index contributed by atoms with van der Waals surface area (Å²) in [5, 5.41) is 11.1. The van der Waals surface area contributed by atoms with Gasteiger partial charge in [0.15, 0.2) is 0 Å². The average Bonchev–Trinajstić information content (AvgIpc) is 2.37. The maximum Gasteiger partial charge on any atom is 0.408 e. The number of ether oxygens (including phenoxy) is 2. The van der Waals surface area contributed by atoms with Crippen molar-refractivity contribution < 1.29 is 24.2 Å². The Balaban J connectivity index is 4.57. The number of aliphatic hydroxyl groups is 1. The minimum Gasteiger partial charge on any atom is -0.458 e. The summed E-state index contributed by atoms with van der Waals surface area (Å²) in [7, 11) is 0. The van der Waals surface area contributed by atoms with Gasteiger partial charge in [-0.05, 0) is 32.9 Å². The number of esters is 1. The summed E-state index contributed by atoms with van der Waals surface area (Å²) in [5.41, 5.74) is -0.686. The molecule has 0 spiro atoms. The Kier molecular flexibility index (Phi) is 10.7. The topological polar surface area (TPSA) is 84.9 Å². The predicted octanol–water partition coefficient (Wildman–Crippen LogP) is 2.91. The third-order valence-electron chi connectivity index (χ3n) is 2.08. The number of carbonyl (C=O) groups is 2. The minimum absolute atomic E-state index is 0.0584. The van der Waals surface area contributed by atoms with Gasteiger partial charge < -0.3 is 19.9 Å². The van der Waals surface area contributed by atoms with Crippen molar-refractivity contribution in [2.75, 3.05) is 24.7 Å². The lowest BCUT2D eigenvalue weighted by molar-refractivity contribution is -0.156. The fourth-order valence-electron chi connectivity index (χ4n) is 1.24. The van der Waals surface area contributed by atoms with Crippen LogP contribution in [0.25, 0.3) is 0 Å². The molecule has 23 heavy (non-hydrogen) atoms. The summed E-state index contributed by atoms with van der Waals surface area (Å²) in [6.07, 6.45) is -0.293. The van der Waals surface area contributed by atoms with E-state index in [1.165, 1.54) is 11.8 Å². The predicted molar refractivity (Wildman–Crippen MR) is 93.4 cm³/mol. The Bertz CT molecular complexity index is 385. The number of nitrogens with one attached hydrogen (secondary N) is 1. The number of hydrogen-bond acceptors (Lipinski definition) is 6. The molecular formula is C13H22Cl3NO5S. The van der Waals surface area contributed by atoms with Gasteiger partial charge >= 0.3 is 12.1 Å². The number of carbonyl (C=O) groups excluding carboxylic acids is 2. The third-order valence-corrected chi connectivity index (χ3v) is 3.56. The monoisotopic (exact) mass is 409 g/mol. The summed E-state index contributed by atoms with van der Waals surface area (Å²) in [4.78, 5) is 23.8. The molecule has 1 atom stereocenters. The second kappa shape index (κ2) is 10.7. The van der Waals surface area contributed by atoms with E-state index >= 15 is 0 Å². The molecule has 2 N–H and O–H groups in total. The number of alkyl halides is 3. The van der Waals surface area contributed by atoms with Gasteiger partial charge in [-0.3, -0.25) is 0 Å². The van der Waals surface area contributed by atoms with Gasteiger partial charge in [0, 0.05) is 12.4 Å². The number of amides is 1. The van der Waals surface area contributed by atoms with Crippen molar-refractivity contribution in [1.82, 2.24) is 5.32 Å². The molecule has 0 unspecified atom stereocenters. The molecule has 0 bridgehead atoms. The van der Waals surface area contributed by atoms with E-state index in [9.17, 15) is 9.59 Å². The van der Waals surface area contributed by atoms with Crippen LogP contribution in [0.4, 0.5) is 4.79 Å². The van der Waals surface area contributed by atoms with Crippen LogP contribution < -0.4 is 5.32 Å². The van der Waals surface area contributed by atoms with E-state index in [-0.39, 0.29) is 12.4 Å². The summed E-state index contributed by atoms with van der Waals surface area (Å²) in [6, 6.07) is -0.902. The van der Waals surface area contributed by atoms with E-state index < -0.39 is 34.1 Å². The highest BCUT2D eigenvalue weighted by Gasteiger charge is 2.28. The van der Waals surface area contributed by atoms with Crippen molar-refractivity contribution in [3.63, 3.8) is 0 Å². The van der Waals surface area contributed by atoms with Gasteiger partial charge in [-0.15, -0.1) is 0 Å². The molecule has 0 aromatic carbocycles. The van der Waals surface area contributed by atoms with E-state index in [0.717, 1.165) is 0 Å². The molecule has 0 aromatic rings. The number of halogens is 3. The van der Waals surface area contributed by atoms with Crippen LogP contribution in [0.15, 0.2) is 0 Å². The Morgan fingerprint density at radius 1 is 1.26 bits per heavy atom. The first kappa shape index (κ1) is 22.9. The summed E-state index contributed by atoms with van der Waals surface area (Å²) in [5.74, 6) is 0.332. The van der Waals surface area contributed by atoms with Gasteiger partial charge in [0.2, 0.25) is 3.79 Å². The van der Waals surface area contributed by atoms with Gasteiger partial charge in [-0.2, -0.15) is 11.8 Å². The lowest BCUT2D eigenvalue weighted by atomic mass is 10.2. The van der Waals surface area contributed by atoms with E-state index in [0.29, 0.717) is 12.2 Å². The fourth-order valence-corrected chi connectivity index (χ4v) is 2.36. The zero-order valence-corrected chi connectivity index (χ0v) is 16.3. The van der Waals surface area contributed by atoms with Crippen LogP contribution in [-0.2, 0) is 14.3 Å². The van der Waals surface area contributed by atoms with Gasteiger partial charge in [0.1, 0.15) is 18.2 Å². The highest BCUT2D eigenvalue weighted by Crippen LogP contribution is 2.25. The summed E-state index contributed by atoms with van der Waals surface area (Å²) >= 11 is 17.9. The Hall–Kier alpha value is -0.0800. The van der Waals surface area contributed by atoms with Crippen molar-refractivity contribution in [2.24, 2.45) is 0 Å². The first-order chi connectivity index (χ1) is 10.4. The Morgan fingerprint density at radius 2 is 1.87 bits per heavy atom. The van der Waals surface area contributed by atoms with Crippen LogP contribution in [0.2, 0.25) is 0 Å². The number of hydrogen-bond donors (Lipinski definition) is 2. The molecule has 0 saturated heterocycles. The molecule has 0 saturated carbocycles. The lowest BCUT2D eigenvalue weighted by Gasteiger charge is -2.24. The highest BCUT2D eigenvalue weighted by molar-refractivity contribution is 7.99. The normalized spacial score (nSPS) is 13.3. The molecule has 0 rings (SSSR count). The van der Waals surface area contributed by atoms with Crippen LogP contribution >= 0.6 is 46.6 Å². The van der Waals surface area contributed by atoms with E-state index in [1.54, 1.807) is 20.8 Å². The summed E-state index contributed by atoms with van der Waals surface area (Å²) < 4.78 is 8.27. The van der Waals surface area contributed by atoms with Gasteiger partial charge in [-0.25, -0.2) is 9.59 Å². The van der Waals surface area contributed by atoms with Crippen LogP contribution in [0, 0.1) is 0 Å². The largest absolute Gasteiger partial charge is 0.458 e. The number of rotatable bonds is 8.